The lowest BCUT2D eigenvalue weighted by molar-refractivity contribution is -0.152. The Bertz CT molecular complexity index is 945. The first-order valence-corrected chi connectivity index (χ1v) is 8.71. The van der Waals surface area contributed by atoms with Crippen LogP contribution in [0.5, 0.6) is 0 Å². The van der Waals surface area contributed by atoms with Crippen molar-refractivity contribution in [3.63, 3.8) is 0 Å². The van der Waals surface area contributed by atoms with E-state index in [-0.39, 0.29) is 24.6 Å². The molecule has 0 saturated heterocycles. The first-order chi connectivity index (χ1) is 13.1. The SMILES string of the molecule is CN(CC(=O)NC(C)(C)C)C(=O)COC(=O)Cn1cnc2ccccc2c1=O. The summed E-state index contributed by atoms with van der Waals surface area (Å²) < 4.78 is 6.05. The molecule has 0 bridgehead atoms. The number of amides is 2. The summed E-state index contributed by atoms with van der Waals surface area (Å²) in [4.78, 5) is 53.5. The fourth-order valence-corrected chi connectivity index (χ4v) is 2.42. The van der Waals surface area contributed by atoms with Crippen molar-refractivity contribution in [3.8, 4) is 0 Å². The Morgan fingerprint density at radius 1 is 1.21 bits per heavy atom. The first kappa shape index (κ1) is 21.1. The van der Waals surface area contributed by atoms with Crippen molar-refractivity contribution in [2.45, 2.75) is 32.9 Å². The molecule has 0 atom stereocenters. The number of carbonyl (C=O) groups excluding carboxylic acids is 3. The zero-order valence-corrected chi connectivity index (χ0v) is 16.4. The Hall–Kier alpha value is -3.23. The average molecular weight is 388 g/mol. The van der Waals surface area contributed by atoms with Crippen molar-refractivity contribution < 1.29 is 19.1 Å². The molecule has 0 aliphatic heterocycles. The van der Waals surface area contributed by atoms with Crippen molar-refractivity contribution >= 4 is 28.7 Å². The summed E-state index contributed by atoms with van der Waals surface area (Å²) in [6.45, 7) is 4.46. The van der Waals surface area contributed by atoms with E-state index in [4.69, 9.17) is 4.74 Å². The second-order valence-electron chi connectivity index (χ2n) is 7.40. The van der Waals surface area contributed by atoms with Gasteiger partial charge in [-0.3, -0.25) is 23.7 Å². The second kappa shape index (κ2) is 8.64. The third kappa shape index (κ3) is 5.90. The Morgan fingerprint density at radius 3 is 2.57 bits per heavy atom. The minimum absolute atomic E-state index is 0.151. The van der Waals surface area contributed by atoms with Crippen LogP contribution in [-0.4, -0.2) is 58.0 Å². The number of aromatic nitrogens is 2. The van der Waals surface area contributed by atoms with Crippen LogP contribution in [0.4, 0.5) is 0 Å². The molecule has 2 rings (SSSR count). The predicted octanol–water partition coefficient (Wildman–Crippen LogP) is 0.313. The highest BCUT2D eigenvalue weighted by Crippen LogP contribution is 2.04. The zero-order chi connectivity index (χ0) is 20.9. The van der Waals surface area contributed by atoms with Crippen LogP contribution in [0.15, 0.2) is 35.4 Å². The van der Waals surface area contributed by atoms with E-state index in [2.05, 4.69) is 10.3 Å². The Morgan fingerprint density at radius 2 is 1.89 bits per heavy atom. The molecule has 1 heterocycles. The van der Waals surface area contributed by atoms with Crippen molar-refractivity contribution in [3.05, 3.63) is 40.9 Å². The van der Waals surface area contributed by atoms with E-state index < -0.39 is 24.0 Å². The molecular weight excluding hydrogens is 364 g/mol. The van der Waals surface area contributed by atoms with Crippen LogP contribution < -0.4 is 10.9 Å². The molecule has 0 radical (unpaired) electrons. The van der Waals surface area contributed by atoms with Gasteiger partial charge >= 0.3 is 5.97 Å². The number of benzene rings is 1. The fourth-order valence-electron chi connectivity index (χ4n) is 2.42. The van der Waals surface area contributed by atoms with Crippen LogP contribution in [0.25, 0.3) is 10.9 Å². The minimum Gasteiger partial charge on any atom is -0.454 e. The van der Waals surface area contributed by atoms with Crippen molar-refractivity contribution in [1.29, 1.82) is 0 Å². The third-order valence-corrected chi connectivity index (χ3v) is 3.71. The van der Waals surface area contributed by atoms with Gasteiger partial charge in [-0.15, -0.1) is 0 Å². The van der Waals surface area contributed by atoms with Gasteiger partial charge in [-0.05, 0) is 32.9 Å². The highest BCUT2D eigenvalue weighted by atomic mass is 16.5. The quantitative estimate of drug-likeness (QED) is 0.713. The molecule has 9 nitrogen and oxygen atoms in total. The summed E-state index contributed by atoms with van der Waals surface area (Å²) in [5, 5.41) is 3.13. The number of hydrogen-bond acceptors (Lipinski definition) is 6. The van der Waals surface area contributed by atoms with E-state index in [0.717, 1.165) is 9.47 Å². The molecule has 1 aromatic carbocycles. The van der Waals surface area contributed by atoms with Gasteiger partial charge < -0.3 is 15.0 Å². The topological polar surface area (TPSA) is 111 Å². The van der Waals surface area contributed by atoms with Crippen LogP contribution in [-0.2, 0) is 25.7 Å². The molecular formula is C19H24N4O5. The maximum atomic E-state index is 12.3. The zero-order valence-electron chi connectivity index (χ0n) is 16.4. The molecule has 9 heteroatoms. The molecule has 2 amide bonds. The maximum Gasteiger partial charge on any atom is 0.326 e. The van der Waals surface area contributed by atoms with Crippen molar-refractivity contribution in [2.24, 2.45) is 0 Å². The van der Waals surface area contributed by atoms with Gasteiger partial charge in [0.2, 0.25) is 5.91 Å². The average Bonchev–Trinajstić information content (AvgIpc) is 2.60. The molecule has 0 unspecified atom stereocenters. The van der Waals surface area contributed by atoms with Gasteiger partial charge in [0.15, 0.2) is 6.61 Å². The number of carbonyl (C=O) groups is 3. The van der Waals surface area contributed by atoms with Gasteiger partial charge in [-0.2, -0.15) is 0 Å². The predicted molar refractivity (Wildman–Crippen MR) is 102 cm³/mol. The molecule has 0 aliphatic rings. The number of fused-ring (bicyclic) bond motifs is 1. The Balaban J connectivity index is 1.88. The molecule has 28 heavy (non-hydrogen) atoms. The largest absolute Gasteiger partial charge is 0.454 e. The molecule has 1 N–H and O–H groups in total. The van der Waals surface area contributed by atoms with E-state index in [1.165, 1.54) is 13.4 Å². The van der Waals surface area contributed by atoms with Gasteiger partial charge in [-0.25, -0.2) is 4.98 Å². The summed E-state index contributed by atoms with van der Waals surface area (Å²) >= 11 is 0. The van der Waals surface area contributed by atoms with Crippen LogP contribution in [0.3, 0.4) is 0 Å². The molecule has 0 spiro atoms. The van der Waals surface area contributed by atoms with E-state index in [1.54, 1.807) is 24.3 Å². The van der Waals surface area contributed by atoms with E-state index in [0.29, 0.717) is 10.9 Å². The molecule has 1 aromatic heterocycles. The van der Waals surface area contributed by atoms with Gasteiger partial charge in [0.05, 0.1) is 23.8 Å². The van der Waals surface area contributed by atoms with Crippen LogP contribution in [0.2, 0.25) is 0 Å². The highest BCUT2D eigenvalue weighted by Gasteiger charge is 2.19. The number of esters is 1. The minimum atomic E-state index is -0.750. The smallest absolute Gasteiger partial charge is 0.326 e. The van der Waals surface area contributed by atoms with Crippen molar-refractivity contribution in [1.82, 2.24) is 19.8 Å². The lowest BCUT2D eigenvalue weighted by Gasteiger charge is -2.23. The number of rotatable bonds is 6. The number of nitrogens with zero attached hydrogens (tertiary/aromatic N) is 3. The van der Waals surface area contributed by atoms with Gasteiger partial charge in [0.1, 0.15) is 6.54 Å². The number of likely N-dealkylation sites (N-methyl/N-ethyl adjacent to an activating group) is 1. The lowest BCUT2D eigenvalue weighted by Crippen LogP contribution is -2.47. The van der Waals surface area contributed by atoms with E-state index in [1.807, 2.05) is 20.8 Å². The van der Waals surface area contributed by atoms with Crippen LogP contribution in [0, 0.1) is 0 Å². The first-order valence-electron chi connectivity index (χ1n) is 8.71. The fraction of sp³-hybridized carbons (Fsp3) is 0.421. The summed E-state index contributed by atoms with van der Waals surface area (Å²) in [5.74, 6) is -1.59. The normalized spacial score (nSPS) is 11.1. The van der Waals surface area contributed by atoms with Crippen molar-refractivity contribution in [2.75, 3.05) is 20.2 Å². The number of nitrogens with one attached hydrogen (secondary N) is 1. The lowest BCUT2D eigenvalue weighted by atomic mass is 10.1. The standard InChI is InChI=1S/C19H24N4O5/c1-19(2,3)21-15(24)9-22(4)16(25)11-28-17(26)10-23-12-20-14-8-6-5-7-13(14)18(23)27/h5-8,12H,9-11H2,1-4H3,(H,21,24). The van der Waals surface area contributed by atoms with Gasteiger partial charge in [0.25, 0.3) is 11.5 Å². The second-order valence-corrected chi connectivity index (χ2v) is 7.40. The number of ether oxygens (including phenoxy) is 1. The summed E-state index contributed by atoms with van der Waals surface area (Å²) in [7, 11) is 1.44. The summed E-state index contributed by atoms with van der Waals surface area (Å²) in [6, 6.07) is 6.78. The molecule has 0 fully saturated rings. The van der Waals surface area contributed by atoms with Gasteiger partial charge in [-0.1, -0.05) is 12.1 Å². The monoisotopic (exact) mass is 388 g/mol. The van der Waals surface area contributed by atoms with Crippen LogP contribution in [0.1, 0.15) is 20.8 Å². The highest BCUT2D eigenvalue weighted by molar-refractivity contribution is 5.86. The molecule has 150 valence electrons. The molecule has 0 saturated carbocycles. The number of hydrogen-bond donors (Lipinski definition) is 1. The maximum absolute atomic E-state index is 12.3. The Kier molecular flexibility index (Phi) is 6.50. The number of para-hydroxylation sites is 1. The van der Waals surface area contributed by atoms with E-state index in [9.17, 15) is 19.2 Å². The summed E-state index contributed by atoms with van der Waals surface area (Å²) in [6.07, 6.45) is 1.26. The van der Waals surface area contributed by atoms with Crippen LogP contribution >= 0.6 is 0 Å². The Labute approximate surface area is 162 Å². The van der Waals surface area contributed by atoms with E-state index >= 15 is 0 Å². The summed E-state index contributed by atoms with van der Waals surface area (Å²) in [5.41, 5.74) is -0.249. The molecule has 0 aliphatic carbocycles. The third-order valence-electron chi connectivity index (χ3n) is 3.71. The molecule has 2 aromatic rings. The van der Waals surface area contributed by atoms with Gasteiger partial charge in [0, 0.05) is 12.6 Å².